The molecule has 2 N–H and O–H groups in total. The highest BCUT2D eigenvalue weighted by Crippen LogP contribution is 2.26. The molecule has 174 valence electrons. The summed E-state index contributed by atoms with van der Waals surface area (Å²) in [6, 6.07) is 11.6. The van der Waals surface area contributed by atoms with E-state index in [-0.39, 0.29) is 36.2 Å². The lowest BCUT2D eigenvalue weighted by Gasteiger charge is -2.30. The van der Waals surface area contributed by atoms with Crippen LogP contribution in [0.2, 0.25) is 0 Å². The van der Waals surface area contributed by atoms with Crippen LogP contribution in [-0.4, -0.2) is 78.3 Å². The summed E-state index contributed by atoms with van der Waals surface area (Å²) in [6.07, 6.45) is 3.10. The fourth-order valence-electron chi connectivity index (χ4n) is 4.79. The second-order valence-electron chi connectivity index (χ2n) is 8.96. The number of likely N-dealkylation sites (tertiary alicyclic amines) is 1. The van der Waals surface area contributed by atoms with Gasteiger partial charge in [0.2, 0.25) is 11.8 Å². The number of amides is 3. The molecule has 2 aliphatic heterocycles. The molecule has 3 amide bonds. The molecule has 0 bridgehead atoms. The van der Waals surface area contributed by atoms with E-state index in [4.69, 9.17) is 0 Å². The van der Waals surface area contributed by atoms with Crippen molar-refractivity contribution in [2.24, 2.45) is 5.92 Å². The van der Waals surface area contributed by atoms with Gasteiger partial charge in [0.05, 0.1) is 23.7 Å². The Hall–Kier alpha value is -3.26. The van der Waals surface area contributed by atoms with Crippen LogP contribution in [0.5, 0.6) is 0 Å². The summed E-state index contributed by atoms with van der Waals surface area (Å²) >= 11 is 0. The Balaban J connectivity index is 1.46. The van der Waals surface area contributed by atoms with Crippen molar-refractivity contribution in [1.82, 2.24) is 25.4 Å². The number of likely N-dealkylation sites (N-methyl/N-ethyl adjacent to an activating group) is 1. The molecule has 2 atom stereocenters. The molecule has 0 spiro atoms. The van der Waals surface area contributed by atoms with E-state index in [1.54, 1.807) is 11.1 Å². The van der Waals surface area contributed by atoms with Gasteiger partial charge >= 0.3 is 0 Å². The third kappa shape index (κ3) is 5.39. The zero-order valence-electron chi connectivity index (χ0n) is 19.2. The van der Waals surface area contributed by atoms with E-state index >= 15 is 0 Å². The highest BCUT2D eigenvalue weighted by Gasteiger charge is 2.32. The number of benzene rings is 1. The van der Waals surface area contributed by atoms with Gasteiger partial charge in [-0.15, -0.1) is 0 Å². The van der Waals surface area contributed by atoms with Crippen molar-refractivity contribution in [3.63, 3.8) is 0 Å². The summed E-state index contributed by atoms with van der Waals surface area (Å²) in [5.74, 6) is -0.404. The minimum absolute atomic E-state index is 0.0261. The average Bonchev–Trinajstić information content (AvgIpc) is 2.99. The Bertz CT molecular complexity index is 1030. The Labute approximate surface area is 194 Å². The molecule has 0 aliphatic carbocycles. The number of carbonyl (C=O) groups excluding carboxylic acids is 3. The molecule has 0 unspecified atom stereocenters. The van der Waals surface area contributed by atoms with E-state index < -0.39 is 0 Å². The summed E-state index contributed by atoms with van der Waals surface area (Å²) < 4.78 is 0. The fraction of sp³-hybridized carbons (Fsp3) is 0.440. The molecule has 4 rings (SSSR count). The van der Waals surface area contributed by atoms with E-state index in [0.29, 0.717) is 50.3 Å². The molecule has 0 radical (unpaired) electrons. The highest BCUT2D eigenvalue weighted by molar-refractivity contribution is 6.02. The third-order valence-corrected chi connectivity index (χ3v) is 6.41. The van der Waals surface area contributed by atoms with Crippen LogP contribution >= 0.6 is 0 Å². The van der Waals surface area contributed by atoms with Crippen molar-refractivity contribution in [1.29, 1.82) is 0 Å². The van der Waals surface area contributed by atoms with Crippen LogP contribution in [0.1, 0.15) is 28.9 Å². The van der Waals surface area contributed by atoms with E-state index in [1.165, 1.54) is 0 Å². The maximum Gasteiger partial charge on any atom is 0.254 e. The van der Waals surface area contributed by atoms with Crippen LogP contribution in [0.15, 0.2) is 42.6 Å². The van der Waals surface area contributed by atoms with Crippen molar-refractivity contribution >= 4 is 17.7 Å². The lowest BCUT2D eigenvalue weighted by atomic mass is 9.97. The van der Waals surface area contributed by atoms with Gasteiger partial charge in [-0.05, 0) is 44.0 Å². The molecule has 2 fully saturated rings. The normalized spacial score (nSPS) is 21.8. The van der Waals surface area contributed by atoms with Crippen molar-refractivity contribution in [3.8, 4) is 11.1 Å². The van der Waals surface area contributed by atoms with Gasteiger partial charge in [0.25, 0.3) is 5.91 Å². The number of aromatic nitrogens is 1. The lowest BCUT2D eigenvalue weighted by molar-refractivity contribution is -0.141. The molecule has 2 saturated heterocycles. The van der Waals surface area contributed by atoms with Gasteiger partial charge in [-0.1, -0.05) is 30.3 Å². The number of piperazine rings is 1. The Morgan fingerprint density at radius 2 is 1.91 bits per heavy atom. The van der Waals surface area contributed by atoms with E-state index in [9.17, 15) is 14.4 Å². The van der Waals surface area contributed by atoms with Crippen LogP contribution in [0.4, 0.5) is 0 Å². The van der Waals surface area contributed by atoms with Crippen LogP contribution in [0, 0.1) is 12.8 Å². The van der Waals surface area contributed by atoms with Crippen molar-refractivity contribution in [2.45, 2.75) is 25.8 Å². The number of pyridine rings is 1. The smallest absolute Gasteiger partial charge is 0.254 e. The van der Waals surface area contributed by atoms with Gasteiger partial charge in [-0.2, -0.15) is 0 Å². The van der Waals surface area contributed by atoms with Crippen LogP contribution in [-0.2, 0) is 9.59 Å². The molecule has 2 aliphatic rings. The Morgan fingerprint density at radius 1 is 1.12 bits per heavy atom. The summed E-state index contributed by atoms with van der Waals surface area (Å²) in [4.78, 5) is 46.2. The highest BCUT2D eigenvalue weighted by atomic mass is 16.2. The Morgan fingerprint density at radius 3 is 2.67 bits per heavy atom. The topological polar surface area (TPSA) is 94.6 Å². The molecule has 8 nitrogen and oxygen atoms in total. The summed E-state index contributed by atoms with van der Waals surface area (Å²) in [7, 11) is 1.97. The largest absolute Gasteiger partial charge is 0.353 e. The minimum Gasteiger partial charge on any atom is -0.353 e. The third-order valence-electron chi connectivity index (χ3n) is 6.41. The van der Waals surface area contributed by atoms with Crippen molar-refractivity contribution in [2.75, 3.05) is 39.8 Å². The van der Waals surface area contributed by atoms with Gasteiger partial charge in [0, 0.05) is 38.4 Å². The second kappa shape index (κ2) is 10.1. The van der Waals surface area contributed by atoms with Crippen LogP contribution in [0.3, 0.4) is 0 Å². The van der Waals surface area contributed by atoms with Crippen molar-refractivity contribution < 1.29 is 14.4 Å². The maximum absolute atomic E-state index is 13.4. The second-order valence-corrected chi connectivity index (χ2v) is 8.96. The SMILES string of the molecule is Cc1nccc(-c2ccccc2)c1C(=O)N[C@H]1CC[C@@H](C(=O)N2CCNC(=O)C2)CN(C)C1. The molecular weight excluding hydrogens is 418 g/mol. The Kier molecular flexibility index (Phi) is 7.03. The van der Waals surface area contributed by atoms with Gasteiger partial charge in [0.1, 0.15) is 0 Å². The molecule has 1 aromatic carbocycles. The zero-order chi connectivity index (χ0) is 23.4. The molecule has 3 heterocycles. The predicted octanol–water partition coefficient (Wildman–Crippen LogP) is 1.46. The lowest BCUT2D eigenvalue weighted by Crippen LogP contribution is -2.52. The van der Waals surface area contributed by atoms with Gasteiger partial charge in [0.15, 0.2) is 0 Å². The quantitative estimate of drug-likeness (QED) is 0.737. The predicted molar refractivity (Wildman–Crippen MR) is 125 cm³/mol. The first-order valence-electron chi connectivity index (χ1n) is 11.5. The van der Waals surface area contributed by atoms with E-state index in [2.05, 4.69) is 20.5 Å². The van der Waals surface area contributed by atoms with E-state index in [0.717, 1.165) is 11.1 Å². The molecule has 8 heteroatoms. The number of rotatable bonds is 4. The summed E-state index contributed by atoms with van der Waals surface area (Å²) in [6.45, 7) is 4.31. The number of hydrogen-bond donors (Lipinski definition) is 2. The summed E-state index contributed by atoms with van der Waals surface area (Å²) in [5, 5.41) is 5.95. The zero-order valence-corrected chi connectivity index (χ0v) is 19.2. The number of hydrogen-bond acceptors (Lipinski definition) is 5. The first kappa shape index (κ1) is 22.9. The standard InChI is InChI=1S/C25H31N5O3/c1-17-23(21(10-11-26-17)18-6-4-3-5-7-18)24(32)28-20-9-8-19(14-29(2)15-20)25(33)30-13-12-27-22(31)16-30/h3-7,10-11,19-20H,8-9,12-16H2,1-2H3,(H,27,31)(H,28,32)/t19-,20+/m1/s1. The number of nitrogens with one attached hydrogen (secondary N) is 2. The minimum atomic E-state index is -0.178. The number of aryl methyl sites for hydroxylation is 1. The van der Waals surface area contributed by atoms with Gasteiger partial charge in [-0.3, -0.25) is 19.4 Å². The molecule has 2 aromatic rings. The van der Waals surface area contributed by atoms with Crippen LogP contribution in [0.25, 0.3) is 11.1 Å². The van der Waals surface area contributed by atoms with Gasteiger partial charge in [-0.25, -0.2) is 0 Å². The van der Waals surface area contributed by atoms with Crippen LogP contribution < -0.4 is 10.6 Å². The molecule has 1 aromatic heterocycles. The molecular formula is C25H31N5O3. The number of carbonyl (C=O) groups is 3. The monoisotopic (exact) mass is 449 g/mol. The average molecular weight is 450 g/mol. The first-order chi connectivity index (χ1) is 15.9. The van der Waals surface area contributed by atoms with E-state index in [1.807, 2.05) is 50.4 Å². The molecule has 33 heavy (non-hydrogen) atoms. The first-order valence-corrected chi connectivity index (χ1v) is 11.5. The molecule has 0 saturated carbocycles. The summed E-state index contributed by atoms with van der Waals surface area (Å²) in [5.41, 5.74) is 3.11. The number of nitrogens with zero attached hydrogens (tertiary/aromatic N) is 3. The van der Waals surface area contributed by atoms with Gasteiger partial charge < -0.3 is 20.4 Å². The maximum atomic E-state index is 13.4. The fourth-order valence-corrected chi connectivity index (χ4v) is 4.79. The van der Waals surface area contributed by atoms with Crippen molar-refractivity contribution in [3.05, 3.63) is 53.9 Å².